The zero-order chi connectivity index (χ0) is 16.6. The summed E-state index contributed by atoms with van der Waals surface area (Å²) in [5.41, 5.74) is 0. The number of rotatable bonds is 5. The molecule has 5 unspecified atom stereocenters. The molecular weight excluding hydrogens is 361 g/mol. The number of nitrogens with one attached hydrogen (secondary N) is 1. The highest BCUT2D eigenvalue weighted by atomic mass is 79.9. The Morgan fingerprint density at radius 3 is 2.74 bits per heavy atom. The molecule has 1 aromatic carbocycles. The molecule has 2 aliphatic rings. The molecule has 0 aromatic heterocycles. The van der Waals surface area contributed by atoms with Crippen LogP contribution in [0.2, 0.25) is 0 Å². The van der Waals surface area contributed by atoms with E-state index < -0.39 is 6.10 Å². The Bertz CT molecular complexity index is 594. The smallest absolute Gasteiger partial charge is 0.260 e. The van der Waals surface area contributed by atoms with Gasteiger partial charge in [-0.1, -0.05) is 6.42 Å². The van der Waals surface area contributed by atoms with Crippen molar-refractivity contribution < 1.29 is 13.9 Å². The van der Waals surface area contributed by atoms with Crippen LogP contribution in [-0.2, 0) is 4.79 Å². The van der Waals surface area contributed by atoms with Crippen LogP contribution in [0.1, 0.15) is 39.5 Å². The van der Waals surface area contributed by atoms with Crippen LogP contribution in [0.3, 0.4) is 0 Å². The fraction of sp³-hybridized carbons (Fsp3) is 0.611. The molecular formula is C18H23BrFNO2. The first-order valence-electron chi connectivity index (χ1n) is 8.36. The molecule has 1 N–H and O–H groups in total. The Labute approximate surface area is 145 Å². The van der Waals surface area contributed by atoms with Crippen LogP contribution in [0.5, 0.6) is 5.75 Å². The molecule has 2 saturated carbocycles. The topological polar surface area (TPSA) is 38.3 Å². The van der Waals surface area contributed by atoms with Crippen LogP contribution in [-0.4, -0.2) is 18.1 Å². The van der Waals surface area contributed by atoms with Gasteiger partial charge < -0.3 is 10.1 Å². The first-order valence-corrected chi connectivity index (χ1v) is 9.15. The maximum absolute atomic E-state index is 13.1. The monoisotopic (exact) mass is 383 g/mol. The van der Waals surface area contributed by atoms with Gasteiger partial charge in [0.05, 0.1) is 4.47 Å². The molecule has 0 saturated heterocycles. The predicted octanol–water partition coefficient (Wildman–Crippen LogP) is 4.30. The summed E-state index contributed by atoms with van der Waals surface area (Å²) in [6.45, 7) is 3.82. The molecule has 2 bridgehead atoms. The zero-order valence-corrected chi connectivity index (χ0v) is 15.1. The van der Waals surface area contributed by atoms with Crippen molar-refractivity contribution in [3.8, 4) is 5.75 Å². The lowest BCUT2D eigenvalue weighted by molar-refractivity contribution is -0.128. The van der Waals surface area contributed by atoms with Crippen LogP contribution < -0.4 is 10.1 Å². The van der Waals surface area contributed by atoms with Crippen LogP contribution in [0.15, 0.2) is 22.7 Å². The van der Waals surface area contributed by atoms with Crippen molar-refractivity contribution in [2.45, 2.75) is 51.7 Å². The van der Waals surface area contributed by atoms with E-state index in [9.17, 15) is 9.18 Å². The van der Waals surface area contributed by atoms with Gasteiger partial charge in [-0.25, -0.2) is 4.39 Å². The molecule has 23 heavy (non-hydrogen) atoms. The largest absolute Gasteiger partial charge is 0.480 e. The minimum absolute atomic E-state index is 0.114. The third-order valence-corrected chi connectivity index (χ3v) is 5.99. The van der Waals surface area contributed by atoms with Gasteiger partial charge in [0.15, 0.2) is 6.10 Å². The van der Waals surface area contributed by atoms with Gasteiger partial charge in [0, 0.05) is 6.04 Å². The first kappa shape index (κ1) is 16.7. The lowest BCUT2D eigenvalue weighted by Gasteiger charge is -2.29. The van der Waals surface area contributed by atoms with E-state index in [0.717, 1.165) is 11.8 Å². The fourth-order valence-electron chi connectivity index (χ4n) is 4.17. The first-order chi connectivity index (χ1) is 10.9. The standard InChI is InChI=1S/C18H23BrFNO2/c1-10(15-8-12-3-4-13(15)7-12)21-18(22)11(2)23-17-6-5-14(20)9-16(17)19/h5-6,9-13,15H,3-4,7-8H2,1-2H3,(H,21,22). The molecule has 3 nitrogen and oxygen atoms in total. The number of fused-ring (bicyclic) bond motifs is 2. The van der Waals surface area contributed by atoms with Crippen LogP contribution in [0.4, 0.5) is 4.39 Å². The number of carbonyl (C=O) groups is 1. The number of ether oxygens (including phenoxy) is 1. The van der Waals surface area contributed by atoms with Gasteiger partial charge in [-0.3, -0.25) is 4.79 Å². The SMILES string of the molecule is CC(Oc1ccc(F)cc1Br)C(=O)NC(C)C1CC2CCC1C2. The number of carbonyl (C=O) groups excluding carboxylic acids is 1. The highest BCUT2D eigenvalue weighted by Gasteiger charge is 2.42. The van der Waals surface area contributed by atoms with E-state index in [0.29, 0.717) is 16.1 Å². The lowest BCUT2D eigenvalue weighted by Crippen LogP contribution is -2.45. The molecule has 0 radical (unpaired) electrons. The quantitative estimate of drug-likeness (QED) is 0.822. The van der Waals surface area contributed by atoms with Gasteiger partial charge in [-0.15, -0.1) is 0 Å². The minimum atomic E-state index is -0.613. The van der Waals surface area contributed by atoms with Crippen LogP contribution in [0.25, 0.3) is 0 Å². The highest BCUT2D eigenvalue weighted by Crippen LogP contribution is 2.49. The van der Waals surface area contributed by atoms with E-state index in [-0.39, 0.29) is 17.8 Å². The summed E-state index contributed by atoms with van der Waals surface area (Å²) in [4.78, 5) is 12.4. The average Bonchev–Trinajstić information content (AvgIpc) is 3.12. The molecule has 5 atom stereocenters. The van der Waals surface area contributed by atoms with Crippen molar-refractivity contribution in [1.82, 2.24) is 5.32 Å². The Balaban J connectivity index is 1.55. The summed E-state index contributed by atoms with van der Waals surface area (Å²) in [5, 5.41) is 3.10. The van der Waals surface area contributed by atoms with Crippen molar-refractivity contribution >= 4 is 21.8 Å². The van der Waals surface area contributed by atoms with Gasteiger partial charge in [0.25, 0.3) is 5.91 Å². The predicted molar refractivity (Wildman–Crippen MR) is 90.7 cm³/mol. The molecule has 2 aliphatic carbocycles. The normalized spacial score (nSPS) is 28.4. The van der Waals surface area contributed by atoms with Crippen molar-refractivity contribution in [3.05, 3.63) is 28.5 Å². The molecule has 126 valence electrons. The van der Waals surface area contributed by atoms with E-state index in [1.165, 1.54) is 43.9 Å². The summed E-state index contributed by atoms with van der Waals surface area (Å²) in [6.07, 6.45) is 4.63. The number of halogens is 2. The molecule has 2 fully saturated rings. The molecule has 5 heteroatoms. The van der Waals surface area contributed by atoms with Crippen molar-refractivity contribution in [2.75, 3.05) is 0 Å². The van der Waals surface area contributed by atoms with Gasteiger partial charge in [0.1, 0.15) is 11.6 Å². The van der Waals surface area contributed by atoms with Gasteiger partial charge in [-0.2, -0.15) is 0 Å². The van der Waals surface area contributed by atoms with Crippen molar-refractivity contribution in [2.24, 2.45) is 17.8 Å². The van der Waals surface area contributed by atoms with E-state index in [1.54, 1.807) is 6.92 Å². The third kappa shape index (κ3) is 3.70. The maximum Gasteiger partial charge on any atom is 0.260 e. The van der Waals surface area contributed by atoms with E-state index >= 15 is 0 Å². The number of benzene rings is 1. The highest BCUT2D eigenvalue weighted by molar-refractivity contribution is 9.10. The van der Waals surface area contributed by atoms with Gasteiger partial charge >= 0.3 is 0 Å². The molecule has 1 amide bonds. The van der Waals surface area contributed by atoms with Crippen molar-refractivity contribution in [3.63, 3.8) is 0 Å². The molecule has 0 heterocycles. The minimum Gasteiger partial charge on any atom is -0.480 e. The van der Waals surface area contributed by atoms with E-state index in [1.807, 2.05) is 0 Å². The zero-order valence-electron chi connectivity index (χ0n) is 13.5. The summed E-state index contributed by atoms with van der Waals surface area (Å²) in [6, 6.07) is 4.36. The van der Waals surface area contributed by atoms with Crippen LogP contribution >= 0.6 is 15.9 Å². The second-order valence-corrected chi connectivity index (χ2v) is 7.83. The summed E-state index contributed by atoms with van der Waals surface area (Å²) >= 11 is 3.25. The van der Waals surface area contributed by atoms with E-state index in [4.69, 9.17) is 4.74 Å². The van der Waals surface area contributed by atoms with Gasteiger partial charge in [-0.05, 0) is 85.0 Å². The second-order valence-electron chi connectivity index (χ2n) is 6.97. The number of hydrogen-bond acceptors (Lipinski definition) is 2. The maximum atomic E-state index is 13.1. The Morgan fingerprint density at radius 1 is 1.35 bits per heavy atom. The summed E-state index contributed by atoms with van der Waals surface area (Å²) < 4.78 is 19.3. The number of hydrogen-bond donors (Lipinski definition) is 1. The Kier molecular flexibility index (Phi) is 4.95. The fourth-order valence-corrected chi connectivity index (χ4v) is 4.61. The van der Waals surface area contributed by atoms with E-state index in [2.05, 4.69) is 28.2 Å². The van der Waals surface area contributed by atoms with Crippen LogP contribution in [0, 0.1) is 23.6 Å². The average molecular weight is 384 g/mol. The molecule has 1 aromatic rings. The van der Waals surface area contributed by atoms with Crippen molar-refractivity contribution in [1.29, 1.82) is 0 Å². The Hall–Kier alpha value is -1.10. The second kappa shape index (κ2) is 6.80. The number of amides is 1. The third-order valence-electron chi connectivity index (χ3n) is 5.37. The molecule has 3 rings (SSSR count). The molecule has 0 aliphatic heterocycles. The lowest BCUT2D eigenvalue weighted by atomic mass is 9.84. The summed E-state index contributed by atoms with van der Waals surface area (Å²) in [5.74, 6) is 2.26. The molecule has 0 spiro atoms. The Morgan fingerprint density at radius 2 is 2.13 bits per heavy atom. The summed E-state index contributed by atoms with van der Waals surface area (Å²) in [7, 11) is 0. The van der Waals surface area contributed by atoms with Gasteiger partial charge in [0.2, 0.25) is 0 Å².